The van der Waals surface area contributed by atoms with Crippen LogP contribution in [-0.2, 0) is 6.54 Å². The van der Waals surface area contributed by atoms with Crippen molar-refractivity contribution in [2.75, 3.05) is 25.5 Å². The molecule has 1 rings (SSSR count). The number of rotatable bonds is 7. The van der Waals surface area contributed by atoms with Gasteiger partial charge in [-0.05, 0) is 39.4 Å². The Labute approximate surface area is 110 Å². The van der Waals surface area contributed by atoms with Crippen molar-refractivity contribution < 1.29 is 5.11 Å². The molecule has 0 saturated carbocycles. The summed E-state index contributed by atoms with van der Waals surface area (Å²) in [4.78, 5) is 6.67. The van der Waals surface area contributed by atoms with Gasteiger partial charge < -0.3 is 10.4 Å². The molecule has 0 aromatic carbocycles. The molecule has 0 saturated heterocycles. The van der Waals surface area contributed by atoms with Crippen molar-refractivity contribution in [1.82, 2.24) is 9.88 Å². The molecule has 0 amide bonds. The number of hydrogen-bond donors (Lipinski definition) is 2. The predicted molar refractivity (Wildman–Crippen MR) is 75.6 cm³/mol. The van der Waals surface area contributed by atoms with Crippen molar-refractivity contribution >= 4 is 5.82 Å². The minimum atomic E-state index is -0.228. The molecular weight excluding hydrogens is 226 g/mol. The van der Waals surface area contributed by atoms with Gasteiger partial charge in [-0.1, -0.05) is 13.0 Å². The molecule has 4 heteroatoms. The normalized spacial score (nSPS) is 11.9. The number of aromatic nitrogens is 1. The number of nitrogens with zero attached hydrogens (tertiary/aromatic N) is 2. The third kappa shape index (κ3) is 4.27. The molecule has 0 fully saturated rings. The molecule has 0 aliphatic carbocycles. The quantitative estimate of drug-likeness (QED) is 0.779. The van der Waals surface area contributed by atoms with Crippen molar-refractivity contribution in [3.05, 3.63) is 23.9 Å². The number of aliphatic hydroxyl groups is 1. The average molecular weight is 251 g/mol. The molecule has 1 heterocycles. The largest absolute Gasteiger partial charge is 0.394 e. The Morgan fingerprint density at radius 3 is 2.72 bits per heavy atom. The van der Waals surface area contributed by atoms with E-state index in [4.69, 9.17) is 0 Å². The molecule has 2 N–H and O–H groups in total. The van der Waals surface area contributed by atoms with E-state index < -0.39 is 0 Å². The lowest BCUT2D eigenvalue weighted by Gasteiger charge is -2.33. The molecule has 0 bridgehead atoms. The first-order valence-electron chi connectivity index (χ1n) is 6.51. The van der Waals surface area contributed by atoms with E-state index in [1.54, 1.807) is 0 Å². The summed E-state index contributed by atoms with van der Waals surface area (Å²) >= 11 is 0. The molecule has 4 nitrogen and oxygen atoms in total. The van der Waals surface area contributed by atoms with Crippen LogP contribution in [0.2, 0.25) is 0 Å². The third-order valence-corrected chi connectivity index (χ3v) is 3.18. The van der Waals surface area contributed by atoms with Crippen LogP contribution in [0.25, 0.3) is 0 Å². The monoisotopic (exact) mass is 251 g/mol. The molecule has 102 valence electrons. The number of anilines is 1. The van der Waals surface area contributed by atoms with Crippen molar-refractivity contribution in [2.24, 2.45) is 0 Å². The lowest BCUT2D eigenvalue weighted by Crippen LogP contribution is -2.43. The van der Waals surface area contributed by atoms with Crippen molar-refractivity contribution in [1.29, 1.82) is 0 Å². The smallest absolute Gasteiger partial charge is 0.126 e. The van der Waals surface area contributed by atoms with E-state index in [1.807, 2.05) is 39.1 Å². The van der Waals surface area contributed by atoms with Gasteiger partial charge >= 0.3 is 0 Å². The molecule has 0 spiro atoms. The maximum Gasteiger partial charge on any atom is 0.126 e. The van der Waals surface area contributed by atoms with Gasteiger partial charge in [-0.2, -0.15) is 0 Å². The van der Waals surface area contributed by atoms with Gasteiger partial charge in [0.25, 0.3) is 0 Å². The topological polar surface area (TPSA) is 48.4 Å². The van der Waals surface area contributed by atoms with Crippen molar-refractivity contribution in [3.63, 3.8) is 0 Å². The van der Waals surface area contributed by atoms with Crippen LogP contribution in [0.3, 0.4) is 0 Å². The molecule has 18 heavy (non-hydrogen) atoms. The lowest BCUT2D eigenvalue weighted by molar-refractivity contribution is 0.0725. The standard InChI is InChI=1S/C14H25N3O/c1-5-9-15-13-8-6-7-12(16-13)10-17(4)14(2,3)11-18/h6-8,18H,5,9-11H2,1-4H3,(H,15,16). The number of pyridine rings is 1. The Morgan fingerprint density at radius 2 is 2.11 bits per heavy atom. The molecule has 0 aliphatic rings. The summed E-state index contributed by atoms with van der Waals surface area (Å²) in [5, 5.41) is 12.6. The summed E-state index contributed by atoms with van der Waals surface area (Å²) in [5.74, 6) is 0.921. The average Bonchev–Trinajstić information content (AvgIpc) is 2.36. The summed E-state index contributed by atoms with van der Waals surface area (Å²) < 4.78 is 0. The minimum absolute atomic E-state index is 0.136. The predicted octanol–water partition coefficient (Wildman–Crippen LogP) is 2.11. The number of likely N-dealkylation sites (N-methyl/N-ethyl adjacent to an activating group) is 1. The third-order valence-electron chi connectivity index (χ3n) is 3.18. The number of hydrogen-bond acceptors (Lipinski definition) is 4. The second kappa shape index (κ2) is 6.71. The minimum Gasteiger partial charge on any atom is -0.394 e. The van der Waals surface area contributed by atoms with E-state index >= 15 is 0 Å². The van der Waals surface area contributed by atoms with Crippen molar-refractivity contribution in [3.8, 4) is 0 Å². The van der Waals surface area contributed by atoms with E-state index in [1.165, 1.54) is 0 Å². The summed E-state index contributed by atoms with van der Waals surface area (Å²) in [7, 11) is 2.00. The molecule has 0 atom stereocenters. The van der Waals surface area contributed by atoms with Gasteiger partial charge in [0, 0.05) is 18.6 Å². The first-order chi connectivity index (χ1) is 8.49. The maximum absolute atomic E-state index is 9.34. The van der Waals surface area contributed by atoms with E-state index in [-0.39, 0.29) is 12.1 Å². The van der Waals surface area contributed by atoms with Gasteiger partial charge in [0.1, 0.15) is 5.82 Å². The van der Waals surface area contributed by atoms with Gasteiger partial charge in [0.15, 0.2) is 0 Å². The van der Waals surface area contributed by atoms with Crippen LogP contribution >= 0.6 is 0 Å². The zero-order valence-electron chi connectivity index (χ0n) is 11.9. The van der Waals surface area contributed by atoms with E-state index in [9.17, 15) is 5.11 Å². The summed E-state index contributed by atoms with van der Waals surface area (Å²) in [6.45, 7) is 7.98. The Hall–Kier alpha value is -1.13. The van der Waals surface area contributed by atoms with E-state index in [0.717, 1.165) is 31.0 Å². The molecular formula is C14H25N3O. The van der Waals surface area contributed by atoms with Gasteiger partial charge in [-0.15, -0.1) is 0 Å². The van der Waals surface area contributed by atoms with Crippen LogP contribution in [-0.4, -0.2) is 40.7 Å². The molecule has 1 aromatic rings. The zero-order valence-corrected chi connectivity index (χ0v) is 11.9. The Bertz CT molecular complexity index is 366. The van der Waals surface area contributed by atoms with E-state index in [0.29, 0.717) is 0 Å². The number of aliphatic hydroxyl groups excluding tert-OH is 1. The first kappa shape index (κ1) is 14.9. The lowest BCUT2D eigenvalue weighted by atomic mass is 10.1. The highest BCUT2D eigenvalue weighted by atomic mass is 16.3. The van der Waals surface area contributed by atoms with Gasteiger partial charge in [0.05, 0.1) is 12.3 Å². The summed E-state index contributed by atoms with van der Waals surface area (Å²) in [6.07, 6.45) is 1.09. The molecule has 0 aliphatic heterocycles. The zero-order chi connectivity index (χ0) is 13.6. The van der Waals surface area contributed by atoms with Gasteiger partial charge in [0.2, 0.25) is 0 Å². The van der Waals surface area contributed by atoms with Crippen LogP contribution in [0, 0.1) is 0 Å². The fourth-order valence-corrected chi connectivity index (χ4v) is 1.50. The SMILES string of the molecule is CCCNc1cccc(CN(C)C(C)(C)CO)n1. The van der Waals surface area contributed by atoms with Crippen LogP contribution in [0.15, 0.2) is 18.2 Å². The summed E-state index contributed by atoms with van der Waals surface area (Å²) in [5.41, 5.74) is 0.786. The molecule has 1 aromatic heterocycles. The van der Waals surface area contributed by atoms with Gasteiger partial charge in [-0.25, -0.2) is 4.98 Å². The number of nitrogens with one attached hydrogen (secondary N) is 1. The fourth-order valence-electron chi connectivity index (χ4n) is 1.50. The van der Waals surface area contributed by atoms with Crippen LogP contribution in [0.1, 0.15) is 32.9 Å². The van der Waals surface area contributed by atoms with Crippen molar-refractivity contribution in [2.45, 2.75) is 39.3 Å². The highest BCUT2D eigenvalue weighted by Gasteiger charge is 2.22. The highest BCUT2D eigenvalue weighted by molar-refractivity contribution is 5.35. The fraction of sp³-hybridized carbons (Fsp3) is 0.643. The first-order valence-corrected chi connectivity index (χ1v) is 6.51. The second-order valence-electron chi connectivity index (χ2n) is 5.27. The van der Waals surface area contributed by atoms with Gasteiger partial charge in [-0.3, -0.25) is 4.90 Å². The van der Waals surface area contributed by atoms with Crippen LogP contribution in [0.5, 0.6) is 0 Å². The second-order valence-corrected chi connectivity index (χ2v) is 5.27. The Kier molecular flexibility index (Phi) is 5.56. The highest BCUT2D eigenvalue weighted by Crippen LogP contribution is 2.15. The van der Waals surface area contributed by atoms with Crippen LogP contribution < -0.4 is 5.32 Å². The Morgan fingerprint density at radius 1 is 1.39 bits per heavy atom. The molecule has 0 unspecified atom stereocenters. The molecule has 0 radical (unpaired) electrons. The Balaban J connectivity index is 2.67. The van der Waals surface area contributed by atoms with E-state index in [2.05, 4.69) is 22.1 Å². The maximum atomic E-state index is 9.34. The van der Waals surface area contributed by atoms with Crippen LogP contribution in [0.4, 0.5) is 5.82 Å². The summed E-state index contributed by atoms with van der Waals surface area (Å²) in [6, 6.07) is 6.01.